The number of rotatable bonds is 0. The van der Waals surface area contributed by atoms with E-state index in [1.807, 2.05) is 0 Å². The van der Waals surface area contributed by atoms with Gasteiger partial charge < -0.3 is 10.8 Å². The Bertz CT molecular complexity index is 149. The Balaban J connectivity index is 2.69. The van der Waals surface area contributed by atoms with E-state index < -0.39 is 0 Å². The second-order valence-electron chi connectivity index (χ2n) is 1.69. The highest BCUT2D eigenvalue weighted by atomic mass is 16.3. The van der Waals surface area contributed by atoms with Gasteiger partial charge in [-0.2, -0.15) is 0 Å². The summed E-state index contributed by atoms with van der Waals surface area (Å²) in [6.07, 6.45) is 2.10. The molecule has 3 heteroatoms. The standard InChI is InChI=1S/C5H8N2O/c6-5-3-4(8)1-2-7-5/h3,8H,1-2H2,(H2,6,7). The van der Waals surface area contributed by atoms with Crippen molar-refractivity contribution in [2.75, 3.05) is 6.54 Å². The minimum Gasteiger partial charge on any atom is -0.512 e. The lowest BCUT2D eigenvalue weighted by molar-refractivity contribution is 0.389. The van der Waals surface area contributed by atoms with Crippen LogP contribution in [0, 0.1) is 0 Å². The number of amidine groups is 1. The molecule has 0 atom stereocenters. The first-order chi connectivity index (χ1) is 3.79. The maximum atomic E-state index is 8.78. The molecule has 0 aliphatic carbocycles. The predicted octanol–water partition coefficient (Wildman–Crippen LogP) is 0.189. The third-order valence-corrected chi connectivity index (χ3v) is 0.977. The zero-order valence-electron chi connectivity index (χ0n) is 4.46. The maximum absolute atomic E-state index is 8.78. The van der Waals surface area contributed by atoms with Crippen molar-refractivity contribution in [2.24, 2.45) is 10.7 Å². The van der Waals surface area contributed by atoms with E-state index in [1.165, 1.54) is 6.08 Å². The van der Waals surface area contributed by atoms with Crippen LogP contribution in [-0.4, -0.2) is 17.5 Å². The molecule has 0 radical (unpaired) electrons. The molecule has 8 heavy (non-hydrogen) atoms. The van der Waals surface area contributed by atoms with Crippen LogP contribution in [0.3, 0.4) is 0 Å². The van der Waals surface area contributed by atoms with Crippen LogP contribution in [0.25, 0.3) is 0 Å². The van der Waals surface area contributed by atoms with E-state index in [1.54, 1.807) is 0 Å². The SMILES string of the molecule is NC1=NCCC(O)=C1. The number of nitrogens with zero attached hydrogens (tertiary/aromatic N) is 1. The summed E-state index contributed by atoms with van der Waals surface area (Å²) in [5, 5.41) is 8.78. The first kappa shape index (κ1) is 5.15. The van der Waals surface area contributed by atoms with Crippen molar-refractivity contribution < 1.29 is 5.11 Å². The van der Waals surface area contributed by atoms with Crippen molar-refractivity contribution in [2.45, 2.75) is 6.42 Å². The Labute approximate surface area is 47.5 Å². The first-order valence-corrected chi connectivity index (χ1v) is 2.48. The van der Waals surface area contributed by atoms with Gasteiger partial charge in [-0.3, -0.25) is 4.99 Å². The fourth-order valence-electron chi connectivity index (χ4n) is 0.588. The molecule has 0 fully saturated rings. The van der Waals surface area contributed by atoms with Crippen LogP contribution in [-0.2, 0) is 0 Å². The fourth-order valence-corrected chi connectivity index (χ4v) is 0.588. The van der Waals surface area contributed by atoms with E-state index in [0.29, 0.717) is 24.6 Å². The minimum absolute atomic E-state index is 0.331. The molecular weight excluding hydrogens is 104 g/mol. The lowest BCUT2D eigenvalue weighted by Gasteiger charge is -2.02. The smallest absolute Gasteiger partial charge is 0.121 e. The number of aliphatic imine (C=N–C) groups is 1. The van der Waals surface area contributed by atoms with E-state index in [2.05, 4.69) is 4.99 Å². The normalized spacial score (nSPS) is 19.5. The summed E-state index contributed by atoms with van der Waals surface area (Å²) in [5.41, 5.74) is 5.24. The Kier molecular flexibility index (Phi) is 1.20. The molecule has 0 aromatic heterocycles. The molecule has 1 rings (SSSR count). The third-order valence-electron chi connectivity index (χ3n) is 0.977. The zero-order chi connectivity index (χ0) is 5.98. The molecule has 1 aliphatic rings. The van der Waals surface area contributed by atoms with E-state index in [0.717, 1.165) is 0 Å². The molecule has 3 N–H and O–H groups in total. The van der Waals surface area contributed by atoms with Crippen molar-refractivity contribution in [3.05, 3.63) is 11.8 Å². The zero-order valence-corrected chi connectivity index (χ0v) is 4.46. The molecule has 0 aromatic rings. The predicted molar refractivity (Wildman–Crippen MR) is 31.8 cm³/mol. The van der Waals surface area contributed by atoms with Crippen LogP contribution in [0.2, 0.25) is 0 Å². The van der Waals surface area contributed by atoms with Gasteiger partial charge in [0.2, 0.25) is 0 Å². The largest absolute Gasteiger partial charge is 0.512 e. The van der Waals surface area contributed by atoms with Crippen LogP contribution in [0.15, 0.2) is 16.8 Å². The Morgan fingerprint density at radius 1 is 1.75 bits per heavy atom. The third kappa shape index (κ3) is 0.992. The molecule has 0 bridgehead atoms. The summed E-state index contributed by atoms with van der Waals surface area (Å²) in [6, 6.07) is 0. The number of aliphatic hydroxyl groups is 1. The highest BCUT2D eigenvalue weighted by Gasteiger charge is 1.99. The lowest BCUT2D eigenvalue weighted by atomic mass is 10.3. The highest BCUT2D eigenvalue weighted by Crippen LogP contribution is 2.00. The molecule has 1 heterocycles. The Morgan fingerprint density at radius 2 is 2.50 bits per heavy atom. The molecule has 0 spiro atoms. The van der Waals surface area contributed by atoms with E-state index in [4.69, 9.17) is 10.8 Å². The fraction of sp³-hybridized carbons (Fsp3) is 0.400. The van der Waals surface area contributed by atoms with Crippen LogP contribution in [0.5, 0.6) is 0 Å². The number of dihydropyridines is 1. The van der Waals surface area contributed by atoms with E-state index in [-0.39, 0.29) is 0 Å². The maximum Gasteiger partial charge on any atom is 0.121 e. The molecule has 0 saturated carbocycles. The van der Waals surface area contributed by atoms with Crippen molar-refractivity contribution >= 4 is 5.84 Å². The van der Waals surface area contributed by atoms with Crippen molar-refractivity contribution in [1.29, 1.82) is 0 Å². The number of aliphatic hydroxyl groups excluding tert-OH is 1. The van der Waals surface area contributed by atoms with Gasteiger partial charge in [-0.25, -0.2) is 0 Å². The molecule has 0 unspecified atom stereocenters. The summed E-state index contributed by atoms with van der Waals surface area (Å²) >= 11 is 0. The number of hydrogen-bond donors (Lipinski definition) is 2. The highest BCUT2D eigenvalue weighted by molar-refractivity contribution is 5.92. The van der Waals surface area contributed by atoms with Gasteiger partial charge in [0.05, 0.1) is 5.76 Å². The molecular formula is C5H8N2O. The van der Waals surface area contributed by atoms with Crippen LogP contribution >= 0.6 is 0 Å². The monoisotopic (exact) mass is 112 g/mol. The molecule has 0 aromatic carbocycles. The minimum atomic E-state index is 0.331. The van der Waals surface area contributed by atoms with Gasteiger partial charge in [0, 0.05) is 19.0 Å². The molecule has 44 valence electrons. The summed E-state index contributed by atoms with van der Waals surface area (Å²) in [4.78, 5) is 3.84. The average molecular weight is 112 g/mol. The van der Waals surface area contributed by atoms with Gasteiger partial charge in [0.25, 0.3) is 0 Å². The Hall–Kier alpha value is -0.990. The first-order valence-electron chi connectivity index (χ1n) is 2.48. The number of hydrogen-bond acceptors (Lipinski definition) is 3. The molecule has 1 aliphatic heterocycles. The summed E-state index contributed by atoms with van der Waals surface area (Å²) in [6.45, 7) is 0.619. The van der Waals surface area contributed by atoms with Crippen molar-refractivity contribution in [1.82, 2.24) is 0 Å². The molecule has 0 saturated heterocycles. The quantitative estimate of drug-likeness (QED) is 0.470. The summed E-state index contributed by atoms with van der Waals surface area (Å²) in [5.74, 6) is 0.756. The van der Waals surface area contributed by atoms with Gasteiger partial charge in [0.1, 0.15) is 5.84 Å². The summed E-state index contributed by atoms with van der Waals surface area (Å²) < 4.78 is 0. The van der Waals surface area contributed by atoms with Gasteiger partial charge in [-0.05, 0) is 0 Å². The van der Waals surface area contributed by atoms with Gasteiger partial charge in [0.15, 0.2) is 0 Å². The van der Waals surface area contributed by atoms with Crippen molar-refractivity contribution in [3.63, 3.8) is 0 Å². The molecule has 3 nitrogen and oxygen atoms in total. The topological polar surface area (TPSA) is 58.6 Å². The van der Waals surface area contributed by atoms with Crippen LogP contribution in [0.4, 0.5) is 0 Å². The second kappa shape index (κ2) is 1.86. The van der Waals surface area contributed by atoms with Crippen molar-refractivity contribution in [3.8, 4) is 0 Å². The van der Waals surface area contributed by atoms with Gasteiger partial charge in [-0.1, -0.05) is 0 Å². The van der Waals surface area contributed by atoms with Crippen LogP contribution in [0.1, 0.15) is 6.42 Å². The molecule has 0 amide bonds. The Morgan fingerprint density at radius 3 is 2.88 bits per heavy atom. The van der Waals surface area contributed by atoms with Gasteiger partial charge >= 0.3 is 0 Å². The lowest BCUT2D eigenvalue weighted by Crippen LogP contribution is -2.13. The van der Waals surface area contributed by atoms with Crippen LogP contribution < -0.4 is 5.73 Å². The second-order valence-corrected chi connectivity index (χ2v) is 1.69. The van der Waals surface area contributed by atoms with E-state index >= 15 is 0 Å². The number of nitrogens with two attached hydrogens (primary N) is 1. The van der Waals surface area contributed by atoms with E-state index in [9.17, 15) is 0 Å². The van der Waals surface area contributed by atoms with Gasteiger partial charge in [-0.15, -0.1) is 0 Å². The average Bonchev–Trinajstić information content (AvgIpc) is 1.64. The summed E-state index contributed by atoms with van der Waals surface area (Å²) in [7, 11) is 0.